The molecule has 0 saturated carbocycles. The van der Waals surface area contributed by atoms with Crippen LogP contribution < -0.4 is 0 Å². The molecule has 1 heterocycles. The number of phenols is 1. The summed E-state index contributed by atoms with van der Waals surface area (Å²) in [6, 6.07) is 3.92. The molecule has 1 aromatic carbocycles. The Bertz CT molecular complexity index is 870. The SMILES string of the molecule is CCOC(=O)/C(=C/c1ccc(O)c([N+](=O)[O-])c1)c1nc(C(C)C)c(C)s1. The fourth-order valence-corrected chi connectivity index (χ4v) is 3.49. The van der Waals surface area contributed by atoms with Crippen molar-refractivity contribution in [3.05, 3.63) is 49.5 Å². The zero-order chi connectivity index (χ0) is 19.4. The predicted octanol–water partition coefficient (Wildman–Crippen LogP) is 4.29. The van der Waals surface area contributed by atoms with Crippen LogP contribution in [0.15, 0.2) is 18.2 Å². The molecule has 0 aliphatic carbocycles. The van der Waals surface area contributed by atoms with E-state index >= 15 is 0 Å². The number of thiazole rings is 1. The second-order valence-electron chi connectivity index (χ2n) is 5.90. The molecule has 0 amide bonds. The predicted molar refractivity (Wildman–Crippen MR) is 100 cm³/mol. The van der Waals surface area contributed by atoms with Crippen LogP contribution in [0.5, 0.6) is 5.75 Å². The molecule has 1 N–H and O–H groups in total. The van der Waals surface area contributed by atoms with Crippen molar-refractivity contribution < 1.29 is 19.6 Å². The number of carbonyl (C=O) groups is 1. The minimum absolute atomic E-state index is 0.202. The molecule has 2 aromatic rings. The smallest absolute Gasteiger partial charge is 0.341 e. The van der Waals surface area contributed by atoms with Crippen LogP contribution in [0.2, 0.25) is 0 Å². The maximum atomic E-state index is 12.4. The first-order chi connectivity index (χ1) is 12.2. The van der Waals surface area contributed by atoms with Crippen LogP contribution in [0.4, 0.5) is 5.69 Å². The van der Waals surface area contributed by atoms with E-state index in [0.29, 0.717) is 10.6 Å². The van der Waals surface area contributed by atoms with E-state index in [-0.39, 0.29) is 18.1 Å². The van der Waals surface area contributed by atoms with Crippen molar-refractivity contribution >= 4 is 34.6 Å². The normalized spacial score (nSPS) is 11.7. The minimum atomic E-state index is -0.679. The van der Waals surface area contributed by atoms with Gasteiger partial charge in [0.1, 0.15) is 5.01 Å². The van der Waals surface area contributed by atoms with E-state index < -0.39 is 22.3 Å². The third kappa shape index (κ3) is 4.26. The Morgan fingerprint density at radius 1 is 1.46 bits per heavy atom. The van der Waals surface area contributed by atoms with Crippen LogP contribution in [0, 0.1) is 17.0 Å². The number of nitro benzene ring substituents is 1. The average Bonchev–Trinajstić information content (AvgIpc) is 2.95. The minimum Gasteiger partial charge on any atom is -0.502 e. The lowest BCUT2D eigenvalue weighted by Gasteiger charge is -2.05. The number of nitrogens with zero attached hydrogens (tertiary/aromatic N) is 2. The maximum Gasteiger partial charge on any atom is 0.341 e. The number of aromatic nitrogens is 1. The quantitative estimate of drug-likeness (QED) is 0.349. The van der Waals surface area contributed by atoms with E-state index in [2.05, 4.69) is 4.98 Å². The average molecular weight is 376 g/mol. The van der Waals surface area contributed by atoms with E-state index in [1.165, 1.54) is 35.6 Å². The number of carbonyl (C=O) groups excluding carboxylic acids is 1. The van der Waals surface area contributed by atoms with Gasteiger partial charge in [-0.2, -0.15) is 0 Å². The van der Waals surface area contributed by atoms with E-state index in [1.54, 1.807) is 6.92 Å². The largest absolute Gasteiger partial charge is 0.502 e. The number of hydrogen-bond acceptors (Lipinski definition) is 7. The number of aryl methyl sites for hydroxylation is 1. The fourth-order valence-electron chi connectivity index (χ4n) is 2.42. The molecule has 0 aliphatic rings. The van der Waals surface area contributed by atoms with Crippen molar-refractivity contribution in [2.24, 2.45) is 0 Å². The summed E-state index contributed by atoms with van der Waals surface area (Å²) in [4.78, 5) is 28.3. The monoisotopic (exact) mass is 376 g/mol. The van der Waals surface area contributed by atoms with Crippen LogP contribution in [0.3, 0.4) is 0 Å². The Hall–Kier alpha value is -2.74. The highest BCUT2D eigenvalue weighted by Gasteiger charge is 2.21. The summed E-state index contributed by atoms with van der Waals surface area (Å²) in [5, 5.41) is 21.1. The van der Waals surface area contributed by atoms with Gasteiger partial charge in [0.2, 0.25) is 0 Å². The fraction of sp³-hybridized carbons (Fsp3) is 0.333. The van der Waals surface area contributed by atoms with Crippen LogP contribution in [0.1, 0.15) is 47.8 Å². The Kier molecular flexibility index (Phi) is 6.10. The third-order valence-electron chi connectivity index (χ3n) is 3.61. The van der Waals surface area contributed by atoms with E-state index in [4.69, 9.17) is 4.74 Å². The van der Waals surface area contributed by atoms with Crippen molar-refractivity contribution in [1.82, 2.24) is 4.98 Å². The molecule has 0 atom stereocenters. The summed E-state index contributed by atoms with van der Waals surface area (Å²) in [5.74, 6) is -0.775. The summed E-state index contributed by atoms with van der Waals surface area (Å²) >= 11 is 1.37. The molecule has 0 bridgehead atoms. The molecule has 0 saturated heterocycles. The lowest BCUT2D eigenvalue weighted by Crippen LogP contribution is -2.07. The molecule has 1 aromatic heterocycles. The highest BCUT2D eigenvalue weighted by atomic mass is 32.1. The van der Waals surface area contributed by atoms with Gasteiger partial charge in [-0.1, -0.05) is 19.9 Å². The number of aromatic hydroxyl groups is 1. The van der Waals surface area contributed by atoms with Gasteiger partial charge in [0.25, 0.3) is 0 Å². The summed E-state index contributed by atoms with van der Waals surface area (Å²) in [6.45, 7) is 7.87. The summed E-state index contributed by atoms with van der Waals surface area (Å²) in [7, 11) is 0. The number of ether oxygens (including phenoxy) is 1. The topological polar surface area (TPSA) is 103 Å². The van der Waals surface area contributed by atoms with Gasteiger partial charge in [-0.05, 0) is 37.5 Å². The number of esters is 1. The molecule has 0 fully saturated rings. The van der Waals surface area contributed by atoms with Gasteiger partial charge >= 0.3 is 11.7 Å². The summed E-state index contributed by atoms with van der Waals surface area (Å²) in [5.41, 5.74) is 1.10. The standard InChI is InChI=1S/C18H20N2O5S/c1-5-25-18(22)13(17-19-16(10(2)3)11(4)26-17)8-12-6-7-15(21)14(9-12)20(23)24/h6-10,21H,5H2,1-4H3/b13-8+. The molecule has 0 aliphatic heterocycles. The van der Waals surface area contributed by atoms with Crippen molar-refractivity contribution in [2.75, 3.05) is 6.61 Å². The van der Waals surface area contributed by atoms with E-state index in [1.807, 2.05) is 20.8 Å². The van der Waals surface area contributed by atoms with Crippen LogP contribution in [-0.2, 0) is 9.53 Å². The molecule has 0 radical (unpaired) electrons. The van der Waals surface area contributed by atoms with Gasteiger partial charge in [-0.15, -0.1) is 11.3 Å². The van der Waals surface area contributed by atoms with Gasteiger partial charge in [0.15, 0.2) is 5.75 Å². The highest BCUT2D eigenvalue weighted by molar-refractivity contribution is 7.13. The Balaban J connectivity index is 2.57. The van der Waals surface area contributed by atoms with Gasteiger partial charge < -0.3 is 9.84 Å². The number of nitro groups is 1. The molecule has 138 valence electrons. The second kappa shape index (κ2) is 8.09. The number of rotatable bonds is 6. The number of phenolic OH excluding ortho intramolecular Hbond substituents is 1. The van der Waals surface area contributed by atoms with Gasteiger partial charge in [0, 0.05) is 10.9 Å². The Morgan fingerprint density at radius 2 is 2.15 bits per heavy atom. The van der Waals surface area contributed by atoms with Crippen LogP contribution in [0.25, 0.3) is 11.6 Å². The molecule has 0 unspecified atom stereocenters. The van der Waals surface area contributed by atoms with Crippen LogP contribution in [-0.4, -0.2) is 27.6 Å². The number of benzene rings is 1. The molecule has 2 rings (SSSR count). The summed E-state index contributed by atoms with van der Waals surface area (Å²) in [6.07, 6.45) is 1.49. The highest BCUT2D eigenvalue weighted by Crippen LogP contribution is 2.32. The molecule has 8 heteroatoms. The Morgan fingerprint density at radius 3 is 2.69 bits per heavy atom. The molecule has 26 heavy (non-hydrogen) atoms. The number of hydrogen-bond donors (Lipinski definition) is 1. The maximum absolute atomic E-state index is 12.4. The van der Waals surface area contributed by atoms with E-state index in [0.717, 1.165) is 10.6 Å². The lowest BCUT2D eigenvalue weighted by molar-refractivity contribution is -0.385. The first-order valence-corrected chi connectivity index (χ1v) is 8.90. The van der Waals surface area contributed by atoms with Crippen LogP contribution >= 0.6 is 11.3 Å². The second-order valence-corrected chi connectivity index (χ2v) is 7.10. The first kappa shape index (κ1) is 19.6. The van der Waals surface area contributed by atoms with Gasteiger partial charge in [-0.3, -0.25) is 10.1 Å². The zero-order valence-electron chi connectivity index (χ0n) is 15.0. The molecular weight excluding hydrogens is 356 g/mol. The third-order valence-corrected chi connectivity index (χ3v) is 4.63. The van der Waals surface area contributed by atoms with Gasteiger partial charge in [-0.25, -0.2) is 9.78 Å². The summed E-state index contributed by atoms with van der Waals surface area (Å²) < 4.78 is 5.12. The van der Waals surface area contributed by atoms with E-state index in [9.17, 15) is 20.0 Å². The van der Waals surface area contributed by atoms with Crippen molar-refractivity contribution in [3.8, 4) is 5.75 Å². The van der Waals surface area contributed by atoms with Gasteiger partial charge in [0.05, 0.1) is 22.8 Å². The van der Waals surface area contributed by atoms with Crippen molar-refractivity contribution in [1.29, 1.82) is 0 Å². The lowest BCUT2D eigenvalue weighted by atomic mass is 10.1. The zero-order valence-corrected chi connectivity index (χ0v) is 15.8. The van der Waals surface area contributed by atoms with Crippen molar-refractivity contribution in [2.45, 2.75) is 33.6 Å². The first-order valence-electron chi connectivity index (χ1n) is 8.08. The molecular formula is C18H20N2O5S. The Labute approximate surface area is 155 Å². The molecule has 0 spiro atoms. The molecule has 7 nitrogen and oxygen atoms in total. The van der Waals surface area contributed by atoms with Crippen molar-refractivity contribution in [3.63, 3.8) is 0 Å².